The molecule has 1 unspecified atom stereocenters. The molecule has 0 amide bonds. The van der Waals surface area contributed by atoms with Crippen LogP contribution in [0.3, 0.4) is 0 Å². The Bertz CT molecular complexity index is 601. The van der Waals surface area contributed by atoms with E-state index >= 15 is 0 Å². The van der Waals surface area contributed by atoms with Crippen molar-refractivity contribution >= 4 is 22.3 Å². The Labute approximate surface area is 123 Å². The molecule has 0 saturated heterocycles. The molecule has 0 aliphatic rings. The van der Waals surface area contributed by atoms with Crippen LogP contribution in [0.4, 0.5) is 5.00 Å². The molecule has 0 bridgehead atoms. The van der Waals surface area contributed by atoms with Gasteiger partial charge in [0, 0.05) is 10.9 Å². The number of carbonyl (C=O) groups is 1. The first-order valence-electron chi connectivity index (χ1n) is 6.64. The van der Waals surface area contributed by atoms with Crippen LogP contribution in [0.25, 0.3) is 11.1 Å². The van der Waals surface area contributed by atoms with Crippen LogP contribution < -0.4 is 5.73 Å². The lowest BCUT2D eigenvalue weighted by Gasteiger charge is -2.10. The summed E-state index contributed by atoms with van der Waals surface area (Å²) in [6.45, 7) is 4.38. The molecule has 106 valence electrons. The van der Waals surface area contributed by atoms with E-state index in [1.54, 1.807) is 0 Å². The fraction of sp³-hybridized carbons (Fsp3) is 0.312. The number of thiophene rings is 1. The van der Waals surface area contributed by atoms with E-state index < -0.39 is 0 Å². The van der Waals surface area contributed by atoms with Gasteiger partial charge in [-0.15, -0.1) is 11.3 Å². The molecule has 1 aromatic carbocycles. The Hall–Kier alpha value is -1.81. The summed E-state index contributed by atoms with van der Waals surface area (Å²) >= 11 is 1.36. The van der Waals surface area contributed by atoms with E-state index in [-0.39, 0.29) is 5.97 Å². The second-order valence-electron chi connectivity index (χ2n) is 4.81. The van der Waals surface area contributed by atoms with Crippen LogP contribution in [0.5, 0.6) is 0 Å². The predicted molar refractivity (Wildman–Crippen MR) is 84.2 cm³/mol. The first-order valence-corrected chi connectivity index (χ1v) is 7.52. The third-order valence-electron chi connectivity index (χ3n) is 3.61. The molecule has 2 rings (SSSR count). The van der Waals surface area contributed by atoms with Gasteiger partial charge in [0.1, 0.15) is 10.6 Å². The van der Waals surface area contributed by atoms with E-state index in [2.05, 4.69) is 26.0 Å². The van der Waals surface area contributed by atoms with Crippen molar-refractivity contribution in [2.45, 2.75) is 26.2 Å². The quantitative estimate of drug-likeness (QED) is 0.854. The number of rotatable bonds is 4. The highest BCUT2D eigenvalue weighted by Gasteiger charge is 2.19. The highest BCUT2D eigenvalue weighted by atomic mass is 32.1. The fourth-order valence-corrected chi connectivity index (χ4v) is 2.93. The van der Waals surface area contributed by atoms with E-state index in [0.29, 0.717) is 16.5 Å². The van der Waals surface area contributed by atoms with Crippen LogP contribution in [-0.4, -0.2) is 13.1 Å². The van der Waals surface area contributed by atoms with Crippen molar-refractivity contribution in [3.63, 3.8) is 0 Å². The number of nitrogen functional groups attached to an aromatic ring is 1. The van der Waals surface area contributed by atoms with E-state index in [0.717, 1.165) is 17.5 Å². The molecule has 1 heterocycles. The lowest BCUT2D eigenvalue weighted by Crippen LogP contribution is -2.04. The molecular formula is C16H19NO2S. The number of ether oxygens (including phenoxy) is 1. The maximum atomic E-state index is 11.8. The summed E-state index contributed by atoms with van der Waals surface area (Å²) < 4.78 is 4.80. The summed E-state index contributed by atoms with van der Waals surface area (Å²) in [6, 6.07) is 8.29. The van der Waals surface area contributed by atoms with E-state index in [1.807, 2.05) is 17.5 Å². The first-order chi connectivity index (χ1) is 9.58. The van der Waals surface area contributed by atoms with Gasteiger partial charge in [0.25, 0.3) is 0 Å². The number of carbonyl (C=O) groups excluding carboxylic acids is 1. The second kappa shape index (κ2) is 6.09. The van der Waals surface area contributed by atoms with Gasteiger partial charge in [-0.1, -0.05) is 38.1 Å². The topological polar surface area (TPSA) is 52.3 Å². The van der Waals surface area contributed by atoms with Gasteiger partial charge in [-0.25, -0.2) is 4.79 Å². The average Bonchev–Trinajstić information content (AvgIpc) is 2.87. The van der Waals surface area contributed by atoms with Gasteiger partial charge in [-0.05, 0) is 23.5 Å². The minimum Gasteiger partial charge on any atom is -0.465 e. The molecule has 1 aromatic heterocycles. The number of esters is 1. The standard InChI is InChI=1S/C16H19NO2S/c1-4-10(2)11-5-7-12(8-6-11)13-9-20-15(17)14(13)16(18)19-3/h5-10H,4,17H2,1-3H3. The van der Waals surface area contributed by atoms with Crippen LogP contribution in [0, 0.1) is 0 Å². The van der Waals surface area contributed by atoms with Gasteiger partial charge in [0.2, 0.25) is 0 Å². The number of methoxy groups -OCH3 is 1. The third kappa shape index (κ3) is 2.70. The maximum absolute atomic E-state index is 11.8. The monoisotopic (exact) mass is 289 g/mol. The van der Waals surface area contributed by atoms with Gasteiger partial charge in [-0.2, -0.15) is 0 Å². The molecule has 1 atom stereocenters. The largest absolute Gasteiger partial charge is 0.465 e. The molecule has 2 N–H and O–H groups in total. The molecule has 0 spiro atoms. The Morgan fingerprint density at radius 1 is 1.35 bits per heavy atom. The van der Waals surface area contributed by atoms with Gasteiger partial charge in [-0.3, -0.25) is 0 Å². The molecule has 0 saturated carbocycles. The third-order valence-corrected chi connectivity index (χ3v) is 4.42. The molecule has 0 fully saturated rings. The lowest BCUT2D eigenvalue weighted by molar-refractivity contribution is 0.0603. The summed E-state index contributed by atoms with van der Waals surface area (Å²) in [5.74, 6) is 0.154. The highest BCUT2D eigenvalue weighted by Crippen LogP contribution is 2.34. The van der Waals surface area contributed by atoms with Crippen LogP contribution >= 0.6 is 11.3 Å². The number of anilines is 1. The normalized spacial score (nSPS) is 12.2. The van der Waals surface area contributed by atoms with Crippen LogP contribution in [0.2, 0.25) is 0 Å². The summed E-state index contributed by atoms with van der Waals surface area (Å²) in [5.41, 5.74) is 9.48. The molecular weight excluding hydrogens is 270 g/mol. The minimum absolute atomic E-state index is 0.384. The molecule has 3 nitrogen and oxygen atoms in total. The summed E-state index contributed by atoms with van der Waals surface area (Å²) in [4.78, 5) is 11.8. The summed E-state index contributed by atoms with van der Waals surface area (Å²) in [5, 5.41) is 2.40. The Morgan fingerprint density at radius 3 is 2.55 bits per heavy atom. The van der Waals surface area contributed by atoms with E-state index in [1.165, 1.54) is 24.0 Å². The van der Waals surface area contributed by atoms with Crippen LogP contribution in [0.15, 0.2) is 29.6 Å². The Morgan fingerprint density at radius 2 is 2.00 bits per heavy atom. The van der Waals surface area contributed by atoms with Gasteiger partial charge in [0.15, 0.2) is 0 Å². The molecule has 2 aromatic rings. The summed E-state index contributed by atoms with van der Waals surface area (Å²) in [7, 11) is 1.37. The summed E-state index contributed by atoms with van der Waals surface area (Å²) in [6.07, 6.45) is 1.11. The van der Waals surface area contributed by atoms with Crippen molar-refractivity contribution in [1.82, 2.24) is 0 Å². The smallest absolute Gasteiger partial charge is 0.341 e. The number of nitrogens with two attached hydrogens (primary N) is 1. The zero-order chi connectivity index (χ0) is 14.7. The predicted octanol–water partition coefficient (Wildman–Crippen LogP) is 4.30. The molecule has 0 radical (unpaired) electrons. The average molecular weight is 289 g/mol. The van der Waals surface area contributed by atoms with Crippen molar-refractivity contribution in [3.05, 3.63) is 40.8 Å². The molecule has 4 heteroatoms. The number of hydrogen-bond acceptors (Lipinski definition) is 4. The fourth-order valence-electron chi connectivity index (χ4n) is 2.12. The SMILES string of the molecule is CCC(C)c1ccc(-c2csc(N)c2C(=O)OC)cc1. The van der Waals surface area contributed by atoms with Crippen molar-refractivity contribution in [1.29, 1.82) is 0 Å². The van der Waals surface area contributed by atoms with E-state index in [4.69, 9.17) is 10.5 Å². The van der Waals surface area contributed by atoms with Crippen molar-refractivity contribution in [2.75, 3.05) is 12.8 Å². The van der Waals surface area contributed by atoms with Crippen LogP contribution in [-0.2, 0) is 4.74 Å². The van der Waals surface area contributed by atoms with Gasteiger partial charge in [0.05, 0.1) is 7.11 Å². The maximum Gasteiger partial charge on any atom is 0.341 e. The number of benzene rings is 1. The van der Waals surface area contributed by atoms with Gasteiger partial charge < -0.3 is 10.5 Å². The lowest BCUT2D eigenvalue weighted by atomic mass is 9.95. The van der Waals surface area contributed by atoms with Crippen molar-refractivity contribution in [3.8, 4) is 11.1 Å². The van der Waals surface area contributed by atoms with Crippen molar-refractivity contribution < 1.29 is 9.53 Å². The molecule has 20 heavy (non-hydrogen) atoms. The van der Waals surface area contributed by atoms with E-state index in [9.17, 15) is 4.79 Å². The number of hydrogen-bond donors (Lipinski definition) is 1. The molecule has 0 aliphatic heterocycles. The minimum atomic E-state index is -0.384. The zero-order valence-corrected chi connectivity index (χ0v) is 12.8. The van der Waals surface area contributed by atoms with Crippen molar-refractivity contribution in [2.24, 2.45) is 0 Å². The highest BCUT2D eigenvalue weighted by molar-refractivity contribution is 7.14. The molecule has 0 aliphatic carbocycles. The van der Waals surface area contributed by atoms with Crippen LogP contribution in [0.1, 0.15) is 42.1 Å². The first kappa shape index (κ1) is 14.6. The van der Waals surface area contributed by atoms with Gasteiger partial charge >= 0.3 is 5.97 Å². The Balaban J connectivity index is 2.40. The second-order valence-corrected chi connectivity index (χ2v) is 5.72. The Kier molecular flexibility index (Phi) is 4.45. The zero-order valence-electron chi connectivity index (χ0n) is 12.0.